The lowest BCUT2D eigenvalue weighted by molar-refractivity contribution is 1.33. The molecular formula is C17H14ClN3. The van der Waals surface area contributed by atoms with Crippen LogP contribution >= 0.6 is 11.6 Å². The second-order valence-electron chi connectivity index (χ2n) is 4.80. The number of nitrogens with one attached hydrogen (secondary N) is 1. The first kappa shape index (κ1) is 13.6. The van der Waals surface area contributed by atoms with Crippen LogP contribution < -0.4 is 5.43 Å². The summed E-state index contributed by atoms with van der Waals surface area (Å²) in [5.41, 5.74) is 7.08. The molecule has 3 rings (SSSR count). The van der Waals surface area contributed by atoms with Crippen molar-refractivity contribution in [3.8, 4) is 0 Å². The lowest BCUT2D eigenvalue weighted by Gasteiger charge is -2.05. The van der Waals surface area contributed by atoms with E-state index in [0.29, 0.717) is 5.02 Å². The van der Waals surface area contributed by atoms with Gasteiger partial charge in [0.25, 0.3) is 0 Å². The molecule has 0 aliphatic carbocycles. The molecule has 0 bridgehead atoms. The van der Waals surface area contributed by atoms with E-state index in [4.69, 9.17) is 11.6 Å². The van der Waals surface area contributed by atoms with Gasteiger partial charge in [-0.05, 0) is 36.8 Å². The van der Waals surface area contributed by atoms with Gasteiger partial charge < -0.3 is 0 Å². The topological polar surface area (TPSA) is 37.3 Å². The van der Waals surface area contributed by atoms with Gasteiger partial charge in [-0.15, -0.1) is 0 Å². The van der Waals surface area contributed by atoms with Gasteiger partial charge >= 0.3 is 0 Å². The lowest BCUT2D eigenvalue weighted by Crippen LogP contribution is -1.93. The van der Waals surface area contributed by atoms with Crippen LogP contribution in [0.5, 0.6) is 0 Å². The first-order valence-electron chi connectivity index (χ1n) is 6.62. The molecule has 0 aliphatic rings. The van der Waals surface area contributed by atoms with Crippen LogP contribution in [-0.2, 0) is 0 Å². The number of pyridine rings is 1. The molecule has 2 aromatic carbocycles. The largest absolute Gasteiger partial charge is 0.278 e. The summed E-state index contributed by atoms with van der Waals surface area (Å²) in [6.45, 7) is 2.06. The average molecular weight is 296 g/mol. The maximum Gasteiger partial charge on any atom is 0.0738 e. The Morgan fingerprint density at radius 2 is 2.05 bits per heavy atom. The number of anilines is 1. The molecule has 1 aromatic heterocycles. The Morgan fingerprint density at radius 3 is 2.90 bits per heavy atom. The Labute approximate surface area is 128 Å². The number of hydrogen-bond acceptors (Lipinski definition) is 3. The number of aromatic nitrogens is 1. The van der Waals surface area contributed by atoms with Gasteiger partial charge in [0.2, 0.25) is 0 Å². The predicted octanol–water partition coefficient (Wildman–Crippen LogP) is 4.64. The Kier molecular flexibility index (Phi) is 3.84. The highest BCUT2D eigenvalue weighted by molar-refractivity contribution is 6.31. The number of hydrogen-bond donors (Lipinski definition) is 1. The molecule has 0 atom stereocenters. The number of halogens is 1. The van der Waals surface area contributed by atoms with E-state index in [1.165, 1.54) is 5.56 Å². The molecule has 1 heterocycles. The second kappa shape index (κ2) is 5.94. The molecule has 1 N–H and O–H groups in total. The molecule has 0 unspecified atom stereocenters. The van der Waals surface area contributed by atoms with E-state index in [1.807, 2.05) is 36.4 Å². The smallest absolute Gasteiger partial charge is 0.0738 e. The summed E-state index contributed by atoms with van der Waals surface area (Å²) < 4.78 is 0. The minimum Gasteiger partial charge on any atom is -0.278 e. The first-order valence-corrected chi connectivity index (χ1v) is 7.00. The van der Waals surface area contributed by atoms with E-state index < -0.39 is 0 Å². The number of aryl methyl sites for hydroxylation is 1. The maximum atomic E-state index is 5.98. The molecule has 0 amide bonds. The molecule has 0 saturated heterocycles. The van der Waals surface area contributed by atoms with Crippen molar-refractivity contribution in [1.29, 1.82) is 0 Å². The van der Waals surface area contributed by atoms with Gasteiger partial charge in [0.15, 0.2) is 0 Å². The lowest BCUT2D eigenvalue weighted by atomic mass is 10.2. The van der Waals surface area contributed by atoms with Crippen LogP contribution in [0.4, 0.5) is 5.69 Å². The summed E-state index contributed by atoms with van der Waals surface area (Å²) in [4.78, 5) is 4.30. The molecule has 21 heavy (non-hydrogen) atoms. The zero-order valence-electron chi connectivity index (χ0n) is 11.5. The van der Waals surface area contributed by atoms with Crippen LogP contribution in [0, 0.1) is 6.92 Å². The number of nitrogens with zero attached hydrogens (tertiary/aromatic N) is 2. The van der Waals surface area contributed by atoms with Crippen LogP contribution in [0.15, 0.2) is 59.8 Å². The molecule has 0 radical (unpaired) electrons. The van der Waals surface area contributed by atoms with Crippen molar-refractivity contribution >= 4 is 34.4 Å². The Balaban J connectivity index is 1.85. The van der Waals surface area contributed by atoms with Crippen LogP contribution in [0.25, 0.3) is 10.9 Å². The molecule has 0 saturated carbocycles. The van der Waals surface area contributed by atoms with E-state index in [1.54, 1.807) is 12.4 Å². The van der Waals surface area contributed by atoms with Crippen LogP contribution in [0.2, 0.25) is 5.02 Å². The van der Waals surface area contributed by atoms with Crippen molar-refractivity contribution in [2.75, 3.05) is 5.43 Å². The van der Waals surface area contributed by atoms with Gasteiger partial charge in [-0.2, -0.15) is 5.10 Å². The second-order valence-corrected chi connectivity index (χ2v) is 5.24. The normalized spacial score (nSPS) is 11.1. The third-order valence-corrected chi connectivity index (χ3v) is 3.38. The first-order chi connectivity index (χ1) is 10.2. The van der Waals surface area contributed by atoms with Crippen LogP contribution in [0.3, 0.4) is 0 Å². The third-order valence-electron chi connectivity index (χ3n) is 3.15. The molecule has 3 aromatic rings. The van der Waals surface area contributed by atoms with Gasteiger partial charge in [0.05, 0.1) is 17.4 Å². The van der Waals surface area contributed by atoms with Crippen molar-refractivity contribution in [3.63, 3.8) is 0 Å². The van der Waals surface area contributed by atoms with Gasteiger partial charge in [0, 0.05) is 16.6 Å². The fourth-order valence-corrected chi connectivity index (χ4v) is 2.31. The van der Waals surface area contributed by atoms with E-state index in [0.717, 1.165) is 22.2 Å². The van der Waals surface area contributed by atoms with Crippen molar-refractivity contribution in [2.24, 2.45) is 5.10 Å². The quantitative estimate of drug-likeness (QED) is 0.564. The zero-order chi connectivity index (χ0) is 14.7. The third kappa shape index (κ3) is 3.20. The summed E-state index contributed by atoms with van der Waals surface area (Å²) in [6.07, 6.45) is 3.54. The summed E-state index contributed by atoms with van der Waals surface area (Å²) in [5, 5.41) is 5.96. The van der Waals surface area contributed by atoms with E-state index in [9.17, 15) is 0 Å². The van der Waals surface area contributed by atoms with E-state index >= 15 is 0 Å². The molecule has 4 heteroatoms. The number of hydrazone groups is 1. The van der Waals surface area contributed by atoms with Crippen LogP contribution in [-0.4, -0.2) is 11.2 Å². The molecule has 104 valence electrons. The minimum absolute atomic E-state index is 0.676. The molecule has 0 spiro atoms. The van der Waals surface area contributed by atoms with E-state index in [-0.39, 0.29) is 0 Å². The summed E-state index contributed by atoms with van der Waals surface area (Å²) in [6, 6.07) is 15.7. The van der Waals surface area contributed by atoms with Gasteiger partial charge in [-0.25, -0.2) is 0 Å². The van der Waals surface area contributed by atoms with Gasteiger partial charge in [-0.1, -0.05) is 41.4 Å². The zero-order valence-corrected chi connectivity index (χ0v) is 12.3. The van der Waals surface area contributed by atoms with Gasteiger partial charge in [-0.3, -0.25) is 10.4 Å². The Hall–Kier alpha value is -2.39. The number of benzene rings is 2. The highest BCUT2D eigenvalue weighted by Crippen LogP contribution is 2.24. The standard InChI is InChI=1S/C17H14ClN3/c1-12-3-2-4-13(9-12)11-20-21-16-7-8-19-17-10-14(18)5-6-15(16)17/h2-11H,1H3,(H,19,21)/b20-11+. The van der Waals surface area contributed by atoms with Gasteiger partial charge in [0.1, 0.15) is 0 Å². The van der Waals surface area contributed by atoms with Crippen molar-refractivity contribution in [2.45, 2.75) is 6.92 Å². The molecule has 3 nitrogen and oxygen atoms in total. The highest BCUT2D eigenvalue weighted by Gasteiger charge is 2.01. The maximum absolute atomic E-state index is 5.98. The Morgan fingerprint density at radius 1 is 1.14 bits per heavy atom. The summed E-state index contributed by atoms with van der Waals surface area (Å²) in [7, 11) is 0. The Bertz CT molecular complexity index is 812. The van der Waals surface area contributed by atoms with Crippen molar-refractivity contribution in [1.82, 2.24) is 4.98 Å². The summed E-state index contributed by atoms with van der Waals surface area (Å²) in [5.74, 6) is 0. The fourth-order valence-electron chi connectivity index (χ4n) is 2.15. The SMILES string of the molecule is Cc1cccc(/C=N/Nc2ccnc3cc(Cl)ccc23)c1. The molecule has 0 aliphatic heterocycles. The predicted molar refractivity (Wildman–Crippen MR) is 89.1 cm³/mol. The fraction of sp³-hybridized carbons (Fsp3) is 0.0588. The monoisotopic (exact) mass is 295 g/mol. The van der Waals surface area contributed by atoms with E-state index in [2.05, 4.69) is 34.6 Å². The van der Waals surface area contributed by atoms with Crippen molar-refractivity contribution in [3.05, 3.63) is 70.9 Å². The van der Waals surface area contributed by atoms with Crippen LogP contribution in [0.1, 0.15) is 11.1 Å². The highest BCUT2D eigenvalue weighted by atomic mass is 35.5. The average Bonchev–Trinajstić information content (AvgIpc) is 2.47. The molecular weight excluding hydrogens is 282 g/mol. The summed E-state index contributed by atoms with van der Waals surface area (Å²) >= 11 is 5.98. The minimum atomic E-state index is 0.676. The number of rotatable bonds is 3. The van der Waals surface area contributed by atoms with Crippen molar-refractivity contribution < 1.29 is 0 Å². The number of fused-ring (bicyclic) bond motifs is 1. The molecule has 0 fully saturated rings.